The SMILES string of the molecule is Cc1[nH]c2ccc(Br)cc2c(=O)c1C[NH+](C)C1CCCCC1. The molecular formula is C18H24BrN2O+. The maximum absolute atomic E-state index is 12.9. The molecule has 1 aliphatic rings. The number of benzene rings is 1. The summed E-state index contributed by atoms with van der Waals surface area (Å²) in [7, 11) is 2.24. The van der Waals surface area contributed by atoms with Crippen LogP contribution in [0.2, 0.25) is 0 Å². The number of aryl methyl sites for hydroxylation is 1. The highest BCUT2D eigenvalue weighted by molar-refractivity contribution is 9.10. The molecule has 0 aliphatic heterocycles. The molecular weight excluding hydrogens is 340 g/mol. The van der Waals surface area contributed by atoms with Crippen LogP contribution in [-0.4, -0.2) is 18.1 Å². The van der Waals surface area contributed by atoms with Crippen molar-refractivity contribution in [3.8, 4) is 0 Å². The minimum atomic E-state index is 0.183. The van der Waals surface area contributed by atoms with Gasteiger partial charge in [0.15, 0.2) is 5.43 Å². The maximum atomic E-state index is 12.9. The van der Waals surface area contributed by atoms with Gasteiger partial charge in [-0.15, -0.1) is 0 Å². The van der Waals surface area contributed by atoms with Crippen molar-refractivity contribution < 1.29 is 4.90 Å². The number of rotatable bonds is 3. The van der Waals surface area contributed by atoms with Gasteiger partial charge in [0.2, 0.25) is 0 Å². The number of fused-ring (bicyclic) bond motifs is 1. The zero-order valence-electron chi connectivity index (χ0n) is 13.3. The Morgan fingerprint density at radius 2 is 2.00 bits per heavy atom. The highest BCUT2D eigenvalue weighted by atomic mass is 79.9. The predicted molar refractivity (Wildman–Crippen MR) is 94.5 cm³/mol. The number of quaternary nitrogens is 1. The van der Waals surface area contributed by atoms with E-state index in [1.54, 1.807) is 0 Å². The first-order valence-electron chi connectivity index (χ1n) is 8.19. The van der Waals surface area contributed by atoms with E-state index < -0.39 is 0 Å². The average molecular weight is 364 g/mol. The standard InChI is InChI=1S/C18H23BrN2O/c1-12-16(11-21(2)14-6-4-3-5-7-14)18(22)15-10-13(19)8-9-17(15)20-12/h8-10,14H,3-7,11H2,1-2H3,(H,20,22)/p+1. The van der Waals surface area contributed by atoms with E-state index in [9.17, 15) is 4.79 Å². The van der Waals surface area contributed by atoms with E-state index in [1.807, 2.05) is 25.1 Å². The van der Waals surface area contributed by atoms with Crippen molar-refractivity contribution in [2.45, 2.75) is 51.6 Å². The van der Waals surface area contributed by atoms with Gasteiger partial charge in [0, 0.05) is 21.1 Å². The topological polar surface area (TPSA) is 37.3 Å². The first kappa shape index (κ1) is 15.8. The largest absolute Gasteiger partial charge is 0.358 e. The zero-order chi connectivity index (χ0) is 15.7. The van der Waals surface area contributed by atoms with Crippen LogP contribution < -0.4 is 10.3 Å². The fourth-order valence-electron chi connectivity index (χ4n) is 3.66. The highest BCUT2D eigenvalue weighted by Gasteiger charge is 2.23. The number of pyridine rings is 1. The number of halogens is 1. The summed E-state index contributed by atoms with van der Waals surface area (Å²) in [6.07, 6.45) is 6.63. The Morgan fingerprint density at radius 3 is 2.73 bits per heavy atom. The summed E-state index contributed by atoms with van der Waals surface area (Å²) < 4.78 is 0.952. The molecule has 3 nitrogen and oxygen atoms in total. The zero-order valence-corrected chi connectivity index (χ0v) is 14.9. The van der Waals surface area contributed by atoms with Crippen molar-refractivity contribution in [3.63, 3.8) is 0 Å². The molecule has 1 aliphatic carbocycles. The lowest BCUT2D eigenvalue weighted by Crippen LogP contribution is -3.12. The van der Waals surface area contributed by atoms with Crippen LogP contribution in [-0.2, 0) is 6.54 Å². The first-order chi connectivity index (χ1) is 10.6. The molecule has 0 saturated heterocycles. The number of nitrogens with one attached hydrogen (secondary N) is 2. The van der Waals surface area contributed by atoms with E-state index in [-0.39, 0.29) is 5.43 Å². The van der Waals surface area contributed by atoms with Crippen molar-refractivity contribution in [2.24, 2.45) is 0 Å². The van der Waals surface area contributed by atoms with Crippen LogP contribution in [0.3, 0.4) is 0 Å². The molecule has 22 heavy (non-hydrogen) atoms. The van der Waals surface area contributed by atoms with Crippen LogP contribution in [0.5, 0.6) is 0 Å². The second kappa shape index (κ2) is 6.55. The van der Waals surface area contributed by atoms with E-state index in [1.165, 1.54) is 37.0 Å². The van der Waals surface area contributed by atoms with E-state index >= 15 is 0 Å². The Labute approximate surface area is 139 Å². The van der Waals surface area contributed by atoms with Crippen molar-refractivity contribution in [3.05, 3.63) is 44.2 Å². The number of aromatic amines is 1. The Hall–Kier alpha value is -1.13. The molecule has 2 N–H and O–H groups in total. The quantitative estimate of drug-likeness (QED) is 0.864. The summed E-state index contributed by atoms with van der Waals surface area (Å²) in [5.41, 5.74) is 3.05. The molecule has 1 aromatic heterocycles. The molecule has 0 amide bonds. The summed E-state index contributed by atoms with van der Waals surface area (Å²) in [5, 5.41) is 0.784. The minimum absolute atomic E-state index is 0.183. The number of hydrogen-bond donors (Lipinski definition) is 2. The minimum Gasteiger partial charge on any atom is -0.358 e. The molecule has 0 radical (unpaired) electrons. The lowest BCUT2D eigenvalue weighted by atomic mass is 9.94. The van der Waals surface area contributed by atoms with Crippen molar-refractivity contribution >= 4 is 26.8 Å². The lowest BCUT2D eigenvalue weighted by Gasteiger charge is -2.28. The van der Waals surface area contributed by atoms with Gasteiger partial charge in [0.25, 0.3) is 0 Å². The smallest absolute Gasteiger partial charge is 0.198 e. The average Bonchev–Trinajstić information content (AvgIpc) is 2.53. The molecule has 1 saturated carbocycles. The molecule has 4 heteroatoms. The van der Waals surface area contributed by atoms with Gasteiger partial charge < -0.3 is 9.88 Å². The first-order valence-corrected chi connectivity index (χ1v) is 8.99. The molecule has 1 atom stereocenters. The molecule has 1 heterocycles. The van der Waals surface area contributed by atoms with Crippen molar-refractivity contribution in [1.82, 2.24) is 4.98 Å². The van der Waals surface area contributed by atoms with Gasteiger partial charge in [-0.25, -0.2) is 0 Å². The van der Waals surface area contributed by atoms with Gasteiger partial charge in [-0.05, 0) is 50.8 Å². The van der Waals surface area contributed by atoms with Gasteiger partial charge in [-0.1, -0.05) is 22.4 Å². The highest BCUT2D eigenvalue weighted by Crippen LogP contribution is 2.18. The van der Waals surface area contributed by atoms with E-state index in [0.29, 0.717) is 6.04 Å². The normalized spacial score (nSPS) is 17.8. The van der Waals surface area contributed by atoms with Crippen LogP contribution in [0, 0.1) is 6.92 Å². The van der Waals surface area contributed by atoms with Crippen LogP contribution in [0.15, 0.2) is 27.5 Å². The molecule has 1 unspecified atom stereocenters. The second-order valence-corrected chi connectivity index (χ2v) is 7.52. The number of hydrogen-bond acceptors (Lipinski definition) is 1. The summed E-state index contributed by atoms with van der Waals surface area (Å²) in [6, 6.07) is 6.56. The lowest BCUT2D eigenvalue weighted by molar-refractivity contribution is -0.921. The van der Waals surface area contributed by atoms with E-state index in [4.69, 9.17) is 0 Å². The molecule has 1 fully saturated rings. The maximum Gasteiger partial charge on any atom is 0.198 e. The third kappa shape index (κ3) is 3.13. The summed E-state index contributed by atoms with van der Waals surface area (Å²) in [6.45, 7) is 2.83. The predicted octanol–water partition coefficient (Wildman–Crippen LogP) is 2.95. The molecule has 118 valence electrons. The molecule has 2 aromatic rings. The Morgan fingerprint density at radius 1 is 1.27 bits per heavy atom. The second-order valence-electron chi connectivity index (χ2n) is 6.61. The van der Waals surface area contributed by atoms with E-state index in [2.05, 4.69) is 28.0 Å². The molecule has 1 aromatic carbocycles. The summed E-state index contributed by atoms with van der Waals surface area (Å²) in [4.78, 5) is 17.7. The number of aromatic nitrogens is 1. The fraction of sp³-hybridized carbons (Fsp3) is 0.500. The van der Waals surface area contributed by atoms with Crippen molar-refractivity contribution in [1.29, 1.82) is 0 Å². The Kier molecular flexibility index (Phi) is 4.69. The molecule has 0 bridgehead atoms. The fourth-order valence-corrected chi connectivity index (χ4v) is 4.02. The monoisotopic (exact) mass is 363 g/mol. The van der Waals surface area contributed by atoms with Gasteiger partial charge in [0.05, 0.1) is 18.7 Å². The summed E-state index contributed by atoms with van der Waals surface area (Å²) >= 11 is 3.47. The third-order valence-corrected chi connectivity index (χ3v) is 5.53. The Bertz CT molecular complexity index is 732. The Balaban J connectivity index is 1.94. The van der Waals surface area contributed by atoms with Crippen LogP contribution in [0.25, 0.3) is 10.9 Å². The third-order valence-electron chi connectivity index (χ3n) is 5.03. The van der Waals surface area contributed by atoms with Crippen LogP contribution in [0.1, 0.15) is 43.4 Å². The number of H-pyrrole nitrogens is 1. The molecule has 0 spiro atoms. The van der Waals surface area contributed by atoms with Gasteiger partial charge in [-0.3, -0.25) is 4.79 Å². The van der Waals surface area contributed by atoms with Crippen LogP contribution in [0.4, 0.5) is 0 Å². The van der Waals surface area contributed by atoms with Crippen molar-refractivity contribution in [2.75, 3.05) is 7.05 Å². The van der Waals surface area contributed by atoms with Gasteiger partial charge in [0.1, 0.15) is 6.54 Å². The van der Waals surface area contributed by atoms with Gasteiger partial charge in [-0.2, -0.15) is 0 Å². The van der Waals surface area contributed by atoms with Gasteiger partial charge >= 0.3 is 0 Å². The van der Waals surface area contributed by atoms with E-state index in [0.717, 1.165) is 33.2 Å². The summed E-state index contributed by atoms with van der Waals surface area (Å²) in [5.74, 6) is 0. The molecule has 3 rings (SSSR count). The van der Waals surface area contributed by atoms with Crippen LogP contribution >= 0.6 is 15.9 Å².